The molecule has 0 fully saturated rings. The Morgan fingerprint density at radius 2 is 1.83 bits per heavy atom. The molecular weight excluding hydrogens is 298 g/mol. The SMILES string of the molecule is CC(C)COc1cccc(CN=C(N)NCCc2ccccc2)c1. The van der Waals surface area contributed by atoms with Gasteiger partial charge in [0.1, 0.15) is 5.75 Å². The molecule has 2 rings (SSSR count). The molecule has 0 amide bonds. The fourth-order valence-electron chi connectivity index (χ4n) is 2.21. The van der Waals surface area contributed by atoms with Gasteiger partial charge in [-0.15, -0.1) is 0 Å². The van der Waals surface area contributed by atoms with Crippen molar-refractivity contribution < 1.29 is 4.74 Å². The molecule has 0 atom stereocenters. The number of hydrogen-bond donors (Lipinski definition) is 2. The number of guanidine groups is 1. The summed E-state index contributed by atoms with van der Waals surface area (Å²) in [5, 5.41) is 3.15. The van der Waals surface area contributed by atoms with Crippen molar-refractivity contribution in [2.75, 3.05) is 13.2 Å². The molecule has 2 aromatic rings. The number of ether oxygens (including phenoxy) is 1. The number of rotatable bonds is 8. The van der Waals surface area contributed by atoms with Crippen LogP contribution in [0.1, 0.15) is 25.0 Å². The van der Waals surface area contributed by atoms with E-state index in [2.05, 4.69) is 36.3 Å². The zero-order valence-corrected chi connectivity index (χ0v) is 14.5. The predicted octanol–water partition coefficient (Wildman–Crippen LogP) is 3.37. The van der Waals surface area contributed by atoms with Gasteiger partial charge in [0.05, 0.1) is 13.2 Å². The van der Waals surface area contributed by atoms with Gasteiger partial charge in [-0.05, 0) is 35.6 Å². The molecule has 0 saturated carbocycles. The minimum absolute atomic E-state index is 0.472. The normalized spacial score (nSPS) is 11.5. The maximum Gasteiger partial charge on any atom is 0.188 e. The van der Waals surface area contributed by atoms with Crippen molar-refractivity contribution >= 4 is 5.96 Å². The maximum atomic E-state index is 5.93. The summed E-state index contributed by atoms with van der Waals surface area (Å²) in [6.07, 6.45) is 0.926. The monoisotopic (exact) mass is 325 g/mol. The Hall–Kier alpha value is -2.49. The van der Waals surface area contributed by atoms with Crippen LogP contribution < -0.4 is 15.8 Å². The summed E-state index contributed by atoms with van der Waals surface area (Å²) in [6.45, 7) is 6.31. The lowest BCUT2D eigenvalue weighted by Gasteiger charge is -2.09. The Labute approximate surface area is 144 Å². The van der Waals surface area contributed by atoms with E-state index in [1.807, 2.05) is 42.5 Å². The Balaban J connectivity index is 1.78. The van der Waals surface area contributed by atoms with Crippen LogP contribution in [0.15, 0.2) is 59.6 Å². The highest BCUT2D eigenvalue weighted by Gasteiger charge is 2.00. The van der Waals surface area contributed by atoms with E-state index >= 15 is 0 Å². The molecule has 0 spiro atoms. The second-order valence-corrected chi connectivity index (χ2v) is 6.22. The van der Waals surface area contributed by atoms with Gasteiger partial charge in [-0.2, -0.15) is 0 Å². The highest BCUT2D eigenvalue weighted by atomic mass is 16.5. The predicted molar refractivity (Wildman–Crippen MR) is 100 cm³/mol. The third-order valence-corrected chi connectivity index (χ3v) is 3.48. The second kappa shape index (κ2) is 9.60. The van der Waals surface area contributed by atoms with Crippen molar-refractivity contribution in [3.8, 4) is 5.75 Å². The molecule has 3 N–H and O–H groups in total. The summed E-state index contributed by atoms with van der Waals surface area (Å²) in [4.78, 5) is 4.39. The Morgan fingerprint density at radius 1 is 1.08 bits per heavy atom. The smallest absolute Gasteiger partial charge is 0.188 e. The van der Waals surface area contributed by atoms with Crippen molar-refractivity contribution in [1.29, 1.82) is 0 Å². The highest BCUT2D eigenvalue weighted by Crippen LogP contribution is 2.15. The van der Waals surface area contributed by atoms with Crippen LogP contribution in [0, 0.1) is 5.92 Å². The van der Waals surface area contributed by atoms with Gasteiger partial charge in [-0.3, -0.25) is 0 Å². The lowest BCUT2D eigenvalue weighted by Crippen LogP contribution is -2.33. The van der Waals surface area contributed by atoms with Gasteiger partial charge < -0.3 is 15.8 Å². The molecule has 24 heavy (non-hydrogen) atoms. The molecule has 128 valence electrons. The molecule has 0 bridgehead atoms. The van der Waals surface area contributed by atoms with Gasteiger partial charge >= 0.3 is 0 Å². The molecule has 4 heteroatoms. The van der Waals surface area contributed by atoms with Crippen molar-refractivity contribution in [2.24, 2.45) is 16.6 Å². The van der Waals surface area contributed by atoms with Gasteiger partial charge in [0.15, 0.2) is 5.96 Å². The lowest BCUT2D eigenvalue weighted by atomic mass is 10.1. The zero-order valence-electron chi connectivity index (χ0n) is 14.5. The van der Waals surface area contributed by atoms with Crippen molar-refractivity contribution in [2.45, 2.75) is 26.8 Å². The molecule has 0 aromatic heterocycles. The van der Waals surface area contributed by atoms with E-state index in [1.165, 1.54) is 5.56 Å². The number of hydrogen-bond acceptors (Lipinski definition) is 2. The highest BCUT2D eigenvalue weighted by molar-refractivity contribution is 5.77. The topological polar surface area (TPSA) is 59.6 Å². The average molecular weight is 325 g/mol. The van der Waals surface area contributed by atoms with Gasteiger partial charge in [0.25, 0.3) is 0 Å². The molecule has 0 heterocycles. The van der Waals surface area contributed by atoms with Gasteiger partial charge in [-0.1, -0.05) is 56.3 Å². The molecule has 0 radical (unpaired) electrons. The van der Waals surface area contributed by atoms with E-state index < -0.39 is 0 Å². The number of aliphatic imine (C=N–C) groups is 1. The molecule has 0 aliphatic carbocycles. The summed E-state index contributed by atoms with van der Waals surface area (Å²) in [5.41, 5.74) is 8.30. The summed E-state index contributed by atoms with van der Waals surface area (Å²) < 4.78 is 5.73. The van der Waals surface area contributed by atoms with Crippen LogP contribution in [0.3, 0.4) is 0 Å². The summed E-state index contributed by atoms with van der Waals surface area (Å²) >= 11 is 0. The standard InChI is InChI=1S/C20H27N3O/c1-16(2)15-24-19-10-6-9-18(13-19)14-23-20(21)22-12-11-17-7-4-3-5-8-17/h3-10,13,16H,11-12,14-15H2,1-2H3,(H3,21,22,23). The van der Waals surface area contributed by atoms with Crippen LogP contribution in [0.5, 0.6) is 5.75 Å². The Kier molecular flexibility index (Phi) is 7.15. The number of nitrogens with zero attached hydrogens (tertiary/aromatic N) is 1. The van der Waals surface area contributed by atoms with Crippen LogP contribution >= 0.6 is 0 Å². The third-order valence-electron chi connectivity index (χ3n) is 3.48. The molecule has 4 nitrogen and oxygen atoms in total. The van der Waals surface area contributed by atoms with Crippen LogP contribution in [0.2, 0.25) is 0 Å². The lowest BCUT2D eigenvalue weighted by molar-refractivity contribution is 0.271. The average Bonchev–Trinajstić information content (AvgIpc) is 2.59. The first kappa shape index (κ1) is 17.9. The maximum absolute atomic E-state index is 5.93. The molecule has 0 unspecified atom stereocenters. The molecule has 0 aliphatic heterocycles. The minimum Gasteiger partial charge on any atom is -0.493 e. The summed E-state index contributed by atoms with van der Waals surface area (Å²) in [5.74, 6) is 1.86. The summed E-state index contributed by atoms with van der Waals surface area (Å²) in [7, 11) is 0. The number of benzene rings is 2. The van der Waals surface area contributed by atoms with Crippen molar-refractivity contribution in [3.05, 3.63) is 65.7 Å². The quantitative estimate of drug-likeness (QED) is 0.578. The third kappa shape index (κ3) is 6.73. The first-order valence-electron chi connectivity index (χ1n) is 8.43. The Bertz CT molecular complexity index is 638. The van der Waals surface area contributed by atoms with E-state index in [0.717, 1.165) is 30.9 Å². The van der Waals surface area contributed by atoms with E-state index in [0.29, 0.717) is 18.4 Å². The molecular formula is C20H27N3O. The minimum atomic E-state index is 0.472. The summed E-state index contributed by atoms with van der Waals surface area (Å²) in [6, 6.07) is 18.3. The van der Waals surface area contributed by atoms with E-state index in [9.17, 15) is 0 Å². The number of nitrogens with two attached hydrogens (primary N) is 1. The second-order valence-electron chi connectivity index (χ2n) is 6.22. The molecule has 0 saturated heterocycles. The van der Waals surface area contributed by atoms with Gasteiger partial charge in [0.2, 0.25) is 0 Å². The largest absolute Gasteiger partial charge is 0.493 e. The number of nitrogens with one attached hydrogen (secondary N) is 1. The van der Waals surface area contributed by atoms with E-state index in [4.69, 9.17) is 10.5 Å². The fourth-order valence-corrected chi connectivity index (χ4v) is 2.21. The van der Waals surface area contributed by atoms with Gasteiger partial charge in [-0.25, -0.2) is 4.99 Å². The van der Waals surface area contributed by atoms with E-state index in [1.54, 1.807) is 0 Å². The first-order valence-corrected chi connectivity index (χ1v) is 8.43. The molecule has 0 aliphatic rings. The van der Waals surface area contributed by atoms with Gasteiger partial charge in [0, 0.05) is 6.54 Å². The van der Waals surface area contributed by atoms with Crippen molar-refractivity contribution in [3.63, 3.8) is 0 Å². The van der Waals surface area contributed by atoms with Crippen LogP contribution in [0.4, 0.5) is 0 Å². The Morgan fingerprint density at radius 3 is 2.58 bits per heavy atom. The first-order chi connectivity index (χ1) is 11.6. The zero-order chi connectivity index (χ0) is 17.2. The van der Waals surface area contributed by atoms with Crippen LogP contribution in [0.25, 0.3) is 0 Å². The fraction of sp³-hybridized carbons (Fsp3) is 0.350. The van der Waals surface area contributed by atoms with Crippen LogP contribution in [-0.2, 0) is 13.0 Å². The van der Waals surface area contributed by atoms with E-state index in [-0.39, 0.29) is 0 Å². The molecule has 2 aromatic carbocycles. The van der Waals surface area contributed by atoms with Crippen LogP contribution in [-0.4, -0.2) is 19.1 Å². The van der Waals surface area contributed by atoms with Crippen molar-refractivity contribution in [1.82, 2.24) is 5.32 Å².